The van der Waals surface area contributed by atoms with Gasteiger partial charge in [0, 0.05) is 59.4 Å². The van der Waals surface area contributed by atoms with Gasteiger partial charge in [0.25, 0.3) is 0 Å². The quantitative estimate of drug-likeness (QED) is 0.478. The van der Waals surface area contributed by atoms with Crippen LogP contribution in [0.3, 0.4) is 0 Å². The van der Waals surface area contributed by atoms with Crippen molar-refractivity contribution in [3.63, 3.8) is 0 Å². The van der Waals surface area contributed by atoms with Gasteiger partial charge in [-0.2, -0.15) is 5.10 Å². The van der Waals surface area contributed by atoms with E-state index in [1.54, 1.807) is 11.9 Å². The minimum Gasteiger partial charge on any atom is -0.343 e. The Morgan fingerprint density at radius 3 is 2.55 bits per heavy atom. The molecule has 0 bridgehead atoms. The van der Waals surface area contributed by atoms with Crippen molar-refractivity contribution in [1.82, 2.24) is 19.7 Å². The average molecular weight is 414 g/mol. The molecule has 6 heteroatoms. The van der Waals surface area contributed by atoms with E-state index in [2.05, 4.69) is 49.6 Å². The summed E-state index contributed by atoms with van der Waals surface area (Å²) in [6.45, 7) is 11.9. The molecule has 3 aromatic heterocycles. The van der Waals surface area contributed by atoms with Crippen LogP contribution in [0.5, 0.6) is 0 Å². The molecule has 1 N–H and O–H groups in total. The lowest BCUT2D eigenvalue weighted by atomic mass is 9.95. The first-order valence-electron chi connectivity index (χ1n) is 10.2. The van der Waals surface area contributed by atoms with Gasteiger partial charge in [-0.1, -0.05) is 18.7 Å². The van der Waals surface area contributed by atoms with Gasteiger partial charge in [0.05, 0.1) is 6.20 Å². The number of nitrogens with one attached hydrogen (secondary N) is 1. The summed E-state index contributed by atoms with van der Waals surface area (Å²) in [5, 5.41) is 5.49. The number of H-pyrrole nitrogens is 1. The second-order valence-electron chi connectivity index (χ2n) is 8.02. The molecule has 0 unspecified atom stereocenters. The van der Waals surface area contributed by atoms with Crippen molar-refractivity contribution in [2.75, 3.05) is 11.9 Å². The molecular formula is C25H27N5O. The maximum absolute atomic E-state index is 12.2. The number of carbonyl (C=O) groups is 1. The van der Waals surface area contributed by atoms with Crippen molar-refractivity contribution in [3.8, 4) is 22.3 Å². The number of pyridine rings is 1. The van der Waals surface area contributed by atoms with Crippen LogP contribution in [0, 0.1) is 27.7 Å². The van der Waals surface area contributed by atoms with Crippen LogP contribution in [0.15, 0.2) is 43.2 Å². The molecule has 0 aliphatic rings. The highest BCUT2D eigenvalue weighted by atomic mass is 16.2. The maximum atomic E-state index is 12.2. The number of fused-ring (bicyclic) bond motifs is 1. The number of hydrogen-bond acceptors (Lipinski definition) is 3. The van der Waals surface area contributed by atoms with Crippen molar-refractivity contribution >= 4 is 22.6 Å². The van der Waals surface area contributed by atoms with E-state index in [1.165, 1.54) is 6.08 Å². The summed E-state index contributed by atoms with van der Waals surface area (Å²) < 4.78 is 1.88. The molecular weight excluding hydrogens is 386 g/mol. The number of nitrogens with zero attached hydrogens (tertiary/aromatic N) is 4. The van der Waals surface area contributed by atoms with E-state index < -0.39 is 0 Å². The van der Waals surface area contributed by atoms with Crippen molar-refractivity contribution in [3.05, 3.63) is 65.8 Å². The zero-order chi connectivity index (χ0) is 22.4. The minimum atomic E-state index is -0.136. The highest BCUT2D eigenvalue weighted by molar-refractivity contribution is 6.04. The van der Waals surface area contributed by atoms with E-state index in [0.29, 0.717) is 0 Å². The normalized spacial score (nSPS) is 11.2. The number of carbonyl (C=O) groups excluding carboxylic acids is 1. The van der Waals surface area contributed by atoms with Crippen molar-refractivity contribution < 1.29 is 4.79 Å². The number of aryl methyl sites for hydroxylation is 4. The number of rotatable bonds is 4. The summed E-state index contributed by atoms with van der Waals surface area (Å²) in [7, 11) is 3.72. The molecule has 0 atom stereocenters. The van der Waals surface area contributed by atoms with Crippen LogP contribution in [0.4, 0.5) is 5.69 Å². The molecule has 0 aliphatic carbocycles. The van der Waals surface area contributed by atoms with E-state index in [4.69, 9.17) is 4.98 Å². The molecule has 0 saturated heterocycles. The molecule has 0 spiro atoms. The number of benzene rings is 1. The van der Waals surface area contributed by atoms with E-state index in [0.717, 1.165) is 61.5 Å². The van der Waals surface area contributed by atoms with Gasteiger partial charge in [-0.3, -0.25) is 9.48 Å². The number of amides is 1. The van der Waals surface area contributed by atoms with Gasteiger partial charge >= 0.3 is 0 Å². The first-order valence-corrected chi connectivity index (χ1v) is 10.2. The molecule has 1 amide bonds. The smallest absolute Gasteiger partial charge is 0.250 e. The molecule has 4 aromatic rings. The molecule has 6 nitrogen and oxygen atoms in total. The molecule has 0 aliphatic heterocycles. The van der Waals surface area contributed by atoms with Crippen LogP contribution in [0.1, 0.15) is 22.5 Å². The third kappa shape index (κ3) is 3.24. The fourth-order valence-electron chi connectivity index (χ4n) is 4.21. The van der Waals surface area contributed by atoms with Crippen LogP contribution in [-0.2, 0) is 11.8 Å². The predicted molar refractivity (Wildman–Crippen MR) is 126 cm³/mol. The fraction of sp³-hybridized carbons (Fsp3) is 0.240. The second-order valence-corrected chi connectivity index (χ2v) is 8.02. The number of hydrogen-bond donors (Lipinski definition) is 1. The molecule has 31 heavy (non-hydrogen) atoms. The van der Waals surface area contributed by atoms with Gasteiger partial charge in [-0.05, 0) is 56.5 Å². The highest BCUT2D eigenvalue weighted by Gasteiger charge is 2.20. The van der Waals surface area contributed by atoms with Gasteiger partial charge < -0.3 is 9.88 Å². The number of likely N-dealkylation sites (N-methyl/N-ethyl adjacent to an activating group) is 1. The average Bonchev–Trinajstić information content (AvgIpc) is 3.27. The standard InChI is InChI=1S/C25H27N5O/c1-8-22(31)29(6)21-11-18(10-9-14(21)2)24-16(4)28-25-23(24)15(3)19(12-26-25)20-13-27-30(7)17(20)5/h8-13H,1H2,2-7H3,(H,26,28). The first kappa shape index (κ1) is 20.6. The zero-order valence-electron chi connectivity index (χ0n) is 18.9. The molecule has 1 aromatic carbocycles. The monoisotopic (exact) mass is 413 g/mol. The summed E-state index contributed by atoms with van der Waals surface area (Å²) in [5.74, 6) is -0.136. The van der Waals surface area contributed by atoms with E-state index in [9.17, 15) is 4.79 Å². The van der Waals surface area contributed by atoms with Gasteiger partial charge in [0.1, 0.15) is 5.65 Å². The Kier molecular flexibility index (Phi) is 5.01. The zero-order valence-corrected chi connectivity index (χ0v) is 18.9. The Bertz CT molecular complexity index is 1340. The van der Waals surface area contributed by atoms with Crippen molar-refractivity contribution in [2.24, 2.45) is 7.05 Å². The summed E-state index contributed by atoms with van der Waals surface area (Å²) in [5.41, 5.74) is 10.3. The van der Waals surface area contributed by atoms with E-state index >= 15 is 0 Å². The molecule has 0 saturated carbocycles. The third-order valence-electron chi connectivity index (χ3n) is 6.16. The lowest BCUT2D eigenvalue weighted by Gasteiger charge is -2.19. The van der Waals surface area contributed by atoms with Crippen LogP contribution in [0.25, 0.3) is 33.3 Å². The molecule has 0 fully saturated rings. The van der Waals surface area contributed by atoms with Crippen molar-refractivity contribution in [2.45, 2.75) is 27.7 Å². The number of anilines is 1. The summed E-state index contributed by atoms with van der Waals surface area (Å²) in [6, 6.07) is 6.21. The Balaban J connectivity index is 1.96. The predicted octanol–water partition coefficient (Wildman–Crippen LogP) is 5.01. The van der Waals surface area contributed by atoms with Gasteiger partial charge in [0.15, 0.2) is 0 Å². The van der Waals surface area contributed by atoms with Gasteiger partial charge in [-0.25, -0.2) is 4.98 Å². The van der Waals surface area contributed by atoms with Crippen LogP contribution < -0.4 is 4.90 Å². The fourth-order valence-corrected chi connectivity index (χ4v) is 4.21. The Hall–Kier alpha value is -3.67. The third-order valence-corrected chi connectivity index (χ3v) is 6.16. The Labute approximate surface area is 182 Å². The van der Waals surface area contributed by atoms with Crippen LogP contribution in [-0.4, -0.2) is 32.7 Å². The molecule has 158 valence electrons. The Morgan fingerprint density at radius 1 is 1.16 bits per heavy atom. The summed E-state index contributed by atoms with van der Waals surface area (Å²) in [4.78, 5) is 22.0. The number of aromatic amines is 1. The van der Waals surface area contributed by atoms with E-state index in [1.807, 2.05) is 37.1 Å². The van der Waals surface area contributed by atoms with Crippen molar-refractivity contribution in [1.29, 1.82) is 0 Å². The molecule has 4 rings (SSSR count). The van der Waals surface area contributed by atoms with E-state index in [-0.39, 0.29) is 5.91 Å². The SMILES string of the molecule is C=CC(=O)N(C)c1cc(-c2c(C)[nH]c3ncc(-c4cnn(C)c4C)c(C)c23)ccc1C. The van der Waals surface area contributed by atoms with Gasteiger partial charge in [-0.15, -0.1) is 0 Å². The first-order chi connectivity index (χ1) is 14.7. The second kappa shape index (κ2) is 7.54. The number of aromatic nitrogens is 4. The largest absolute Gasteiger partial charge is 0.343 e. The summed E-state index contributed by atoms with van der Waals surface area (Å²) in [6.07, 6.45) is 5.14. The molecule has 0 radical (unpaired) electrons. The van der Waals surface area contributed by atoms with Crippen LogP contribution in [0.2, 0.25) is 0 Å². The summed E-state index contributed by atoms with van der Waals surface area (Å²) >= 11 is 0. The Morgan fingerprint density at radius 2 is 1.90 bits per heavy atom. The van der Waals surface area contributed by atoms with Crippen LogP contribution >= 0.6 is 0 Å². The topological polar surface area (TPSA) is 66.8 Å². The highest BCUT2D eigenvalue weighted by Crippen LogP contribution is 2.39. The lowest BCUT2D eigenvalue weighted by Crippen LogP contribution is -2.24. The van der Waals surface area contributed by atoms with Gasteiger partial charge in [0.2, 0.25) is 5.91 Å². The lowest BCUT2D eigenvalue weighted by molar-refractivity contribution is -0.113. The maximum Gasteiger partial charge on any atom is 0.250 e. The molecule has 3 heterocycles. The minimum absolute atomic E-state index is 0.136.